The third-order valence-electron chi connectivity index (χ3n) is 4.19. The van der Waals surface area contributed by atoms with Crippen LogP contribution in [0.15, 0.2) is 18.3 Å². The molecule has 1 fully saturated rings. The quantitative estimate of drug-likeness (QED) is 0.840. The number of rotatable bonds is 5. The lowest BCUT2D eigenvalue weighted by Gasteiger charge is -2.24. The van der Waals surface area contributed by atoms with Crippen molar-refractivity contribution in [3.8, 4) is 0 Å². The summed E-state index contributed by atoms with van der Waals surface area (Å²) in [5, 5.41) is 3.64. The van der Waals surface area contributed by atoms with Crippen LogP contribution in [-0.2, 0) is 6.54 Å². The molecule has 19 heavy (non-hydrogen) atoms. The molecule has 2 rings (SSSR count). The second kappa shape index (κ2) is 6.67. The molecule has 0 radical (unpaired) electrons. The average Bonchev–Trinajstić information content (AvgIpc) is 2.82. The van der Waals surface area contributed by atoms with Crippen LogP contribution in [0.25, 0.3) is 0 Å². The summed E-state index contributed by atoms with van der Waals surface area (Å²) in [6.07, 6.45) is 5.98. The maximum absolute atomic E-state index is 4.45. The predicted molar refractivity (Wildman–Crippen MR) is 85.7 cm³/mol. The molecular formula is C15H26N3P. The highest BCUT2D eigenvalue weighted by molar-refractivity contribution is 7.17. The summed E-state index contributed by atoms with van der Waals surface area (Å²) in [4.78, 5) is 6.56. The number of hydrogen-bond donors (Lipinski definition) is 1. The minimum Gasteiger partial charge on any atom is -0.378 e. The van der Waals surface area contributed by atoms with Crippen molar-refractivity contribution in [2.24, 2.45) is 5.92 Å². The van der Waals surface area contributed by atoms with E-state index in [2.05, 4.69) is 51.5 Å². The second-order valence-electron chi connectivity index (χ2n) is 5.83. The van der Waals surface area contributed by atoms with E-state index in [4.69, 9.17) is 0 Å². The Morgan fingerprint density at radius 3 is 2.89 bits per heavy atom. The van der Waals surface area contributed by atoms with Crippen molar-refractivity contribution < 1.29 is 0 Å². The van der Waals surface area contributed by atoms with Crippen LogP contribution in [0.3, 0.4) is 0 Å². The largest absolute Gasteiger partial charge is 0.378 e. The fraction of sp³-hybridized carbons (Fsp3) is 0.667. The molecule has 1 saturated carbocycles. The Hall–Kier alpha value is -0.660. The van der Waals surface area contributed by atoms with E-state index in [-0.39, 0.29) is 0 Å². The minimum absolute atomic E-state index is 0.565. The Balaban J connectivity index is 1.89. The van der Waals surface area contributed by atoms with E-state index in [1.54, 1.807) is 0 Å². The zero-order valence-corrected chi connectivity index (χ0v) is 13.4. The van der Waals surface area contributed by atoms with Gasteiger partial charge in [0.2, 0.25) is 0 Å². The van der Waals surface area contributed by atoms with Crippen LogP contribution in [-0.4, -0.2) is 30.8 Å². The van der Waals surface area contributed by atoms with Gasteiger partial charge in [-0.05, 0) is 43.5 Å². The van der Waals surface area contributed by atoms with Crippen LogP contribution in [0.4, 0.5) is 5.69 Å². The lowest BCUT2D eigenvalue weighted by Crippen LogP contribution is -2.35. The van der Waals surface area contributed by atoms with E-state index in [9.17, 15) is 0 Å². The van der Waals surface area contributed by atoms with Gasteiger partial charge >= 0.3 is 0 Å². The lowest BCUT2D eigenvalue weighted by molar-refractivity contribution is 0.385. The summed E-state index contributed by atoms with van der Waals surface area (Å²) in [6, 6.07) is 4.77. The van der Waals surface area contributed by atoms with E-state index in [0.717, 1.165) is 23.8 Å². The number of hydrogen-bond acceptors (Lipinski definition) is 3. The molecule has 0 aliphatic heterocycles. The number of anilines is 1. The monoisotopic (exact) mass is 279 g/mol. The smallest absolute Gasteiger partial charge is 0.0562 e. The van der Waals surface area contributed by atoms with Crippen LogP contribution < -0.4 is 10.2 Å². The molecule has 4 atom stereocenters. The van der Waals surface area contributed by atoms with Crippen LogP contribution in [0.1, 0.15) is 31.9 Å². The second-order valence-corrected chi connectivity index (χ2v) is 6.68. The molecule has 1 aromatic heterocycles. The molecule has 3 unspecified atom stereocenters. The van der Waals surface area contributed by atoms with Crippen LogP contribution in [0.2, 0.25) is 0 Å². The lowest BCUT2D eigenvalue weighted by atomic mass is 9.99. The van der Waals surface area contributed by atoms with Crippen molar-refractivity contribution in [3.63, 3.8) is 0 Å². The first kappa shape index (κ1) is 14.7. The Morgan fingerprint density at radius 1 is 1.47 bits per heavy atom. The van der Waals surface area contributed by atoms with Gasteiger partial charge in [-0.2, -0.15) is 0 Å². The average molecular weight is 279 g/mol. The first-order valence-corrected chi connectivity index (χ1v) is 7.86. The van der Waals surface area contributed by atoms with Crippen molar-refractivity contribution in [2.45, 2.75) is 44.4 Å². The van der Waals surface area contributed by atoms with Crippen molar-refractivity contribution in [3.05, 3.63) is 24.0 Å². The zero-order chi connectivity index (χ0) is 13.8. The summed E-state index contributed by atoms with van der Waals surface area (Å²) in [7, 11) is 7.14. The molecule has 4 heteroatoms. The molecule has 1 aliphatic rings. The highest BCUT2D eigenvalue weighted by atomic mass is 31.0. The van der Waals surface area contributed by atoms with Gasteiger partial charge in [-0.3, -0.25) is 4.98 Å². The predicted octanol–water partition coefficient (Wildman–Crippen LogP) is 2.67. The van der Waals surface area contributed by atoms with Gasteiger partial charge in [0.1, 0.15) is 0 Å². The van der Waals surface area contributed by atoms with Crippen molar-refractivity contribution >= 4 is 14.9 Å². The summed E-state index contributed by atoms with van der Waals surface area (Å²) in [5.74, 6) is 0.794. The van der Waals surface area contributed by atoms with Gasteiger partial charge in [0, 0.05) is 38.6 Å². The molecule has 3 nitrogen and oxygen atoms in total. The first-order chi connectivity index (χ1) is 9.08. The van der Waals surface area contributed by atoms with Gasteiger partial charge in [0.25, 0.3) is 0 Å². The van der Waals surface area contributed by atoms with E-state index < -0.39 is 0 Å². The summed E-state index contributed by atoms with van der Waals surface area (Å²) in [5.41, 5.74) is 3.11. The van der Waals surface area contributed by atoms with Gasteiger partial charge in [0.05, 0.1) is 5.69 Å². The number of nitrogens with one attached hydrogen (secondary N) is 1. The molecule has 0 spiro atoms. The molecule has 1 aromatic rings. The molecule has 0 amide bonds. The summed E-state index contributed by atoms with van der Waals surface area (Å²) in [6.45, 7) is 3.17. The van der Waals surface area contributed by atoms with Gasteiger partial charge in [-0.25, -0.2) is 0 Å². The maximum Gasteiger partial charge on any atom is 0.0562 e. The third-order valence-corrected chi connectivity index (χ3v) is 5.02. The standard InChI is InChI=1S/C15H26N3P/c1-11(14-5-4-6-15(14)19)17-10-12-9-13(18(2)3)7-8-16-12/h7-9,11,14-15,17H,4-6,10,19H2,1-3H3/t11-,14?,15?/m0/s1. The first-order valence-electron chi connectivity index (χ1n) is 7.19. The SMILES string of the molecule is C[C@H](NCc1cc(N(C)C)ccn1)C1CCCC1P. The Kier molecular flexibility index (Phi) is 5.18. The summed E-state index contributed by atoms with van der Waals surface area (Å²) >= 11 is 0. The molecular weight excluding hydrogens is 253 g/mol. The normalized spacial score (nSPS) is 24.4. The third kappa shape index (κ3) is 3.90. The van der Waals surface area contributed by atoms with Crippen molar-refractivity contribution in [1.82, 2.24) is 10.3 Å². The highest BCUT2D eigenvalue weighted by Crippen LogP contribution is 2.33. The topological polar surface area (TPSA) is 28.2 Å². The molecule has 1 heterocycles. The van der Waals surface area contributed by atoms with E-state index in [1.807, 2.05) is 12.3 Å². The molecule has 106 valence electrons. The number of aromatic nitrogens is 1. The Bertz CT molecular complexity index is 408. The van der Waals surface area contributed by atoms with Gasteiger partial charge in [-0.15, -0.1) is 9.24 Å². The minimum atomic E-state index is 0.565. The van der Waals surface area contributed by atoms with Crippen LogP contribution in [0.5, 0.6) is 0 Å². The van der Waals surface area contributed by atoms with Gasteiger partial charge in [-0.1, -0.05) is 6.42 Å². The van der Waals surface area contributed by atoms with Gasteiger partial charge in [0.15, 0.2) is 0 Å². The Labute approximate surface area is 119 Å². The van der Waals surface area contributed by atoms with Crippen molar-refractivity contribution in [2.75, 3.05) is 19.0 Å². The fourth-order valence-corrected chi connectivity index (χ4v) is 3.66. The van der Waals surface area contributed by atoms with Crippen LogP contribution >= 0.6 is 9.24 Å². The fourth-order valence-electron chi connectivity index (χ4n) is 2.90. The maximum atomic E-state index is 4.45. The van der Waals surface area contributed by atoms with Crippen molar-refractivity contribution in [1.29, 1.82) is 0 Å². The van der Waals surface area contributed by atoms with E-state index >= 15 is 0 Å². The number of pyridine rings is 1. The molecule has 0 bridgehead atoms. The van der Waals surface area contributed by atoms with E-state index in [1.165, 1.54) is 24.9 Å². The van der Waals surface area contributed by atoms with E-state index in [0.29, 0.717) is 6.04 Å². The highest BCUT2D eigenvalue weighted by Gasteiger charge is 2.28. The van der Waals surface area contributed by atoms with Crippen LogP contribution in [0, 0.1) is 5.92 Å². The Morgan fingerprint density at radius 2 is 2.26 bits per heavy atom. The molecule has 1 N–H and O–H groups in total. The summed E-state index contributed by atoms with van der Waals surface area (Å²) < 4.78 is 0. The van der Waals surface area contributed by atoms with Gasteiger partial charge < -0.3 is 10.2 Å². The number of nitrogens with zero attached hydrogens (tertiary/aromatic N) is 2. The molecule has 1 aliphatic carbocycles. The zero-order valence-electron chi connectivity index (χ0n) is 12.3. The molecule has 0 saturated heterocycles. The molecule has 0 aromatic carbocycles.